The molecule has 21 heavy (non-hydrogen) atoms. The third-order valence-electron chi connectivity index (χ3n) is 4.54. The maximum Gasteiger partial charge on any atom is 0.310 e. The number of pyridine rings is 1. The van der Waals surface area contributed by atoms with Gasteiger partial charge in [-0.1, -0.05) is 18.2 Å². The van der Waals surface area contributed by atoms with Gasteiger partial charge in [0, 0.05) is 6.20 Å². The van der Waals surface area contributed by atoms with Crippen LogP contribution in [0.3, 0.4) is 0 Å². The van der Waals surface area contributed by atoms with Crippen LogP contribution in [0.4, 0.5) is 0 Å². The molecule has 4 atom stereocenters. The Morgan fingerprint density at radius 3 is 3.10 bits per heavy atom. The molecular formula is C15H14N2O4. The van der Waals surface area contributed by atoms with Crippen LogP contribution < -0.4 is 0 Å². The fourth-order valence-corrected chi connectivity index (χ4v) is 3.68. The number of rotatable bonds is 3. The van der Waals surface area contributed by atoms with Gasteiger partial charge in [0.25, 0.3) is 0 Å². The Kier molecular flexibility index (Phi) is 2.47. The van der Waals surface area contributed by atoms with Crippen molar-refractivity contribution in [1.82, 2.24) is 9.88 Å². The summed E-state index contributed by atoms with van der Waals surface area (Å²) in [4.78, 5) is 29.9. The van der Waals surface area contributed by atoms with Crippen molar-refractivity contribution >= 4 is 11.9 Å². The highest BCUT2D eigenvalue weighted by molar-refractivity contribution is 5.90. The van der Waals surface area contributed by atoms with Crippen molar-refractivity contribution in [2.75, 3.05) is 6.54 Å². The van der Waals surface area contributed by atoms with Crippen LogP contribution in [0.5, 0.6) is 0 Å². The minimum atomic E-state index is -0.968. The van der Waals surface area contributed by atoms with E-state index in [1.54, 1.807) is 17.2 Å². The summed E-state index contributed by atoms with van der Waals surface area (Å²) in [7, 11) is 0. The minimum absolute atomic E-state index is 0.153. The van der Waals surface area contributed by atoms with E-state index >= 15 is 0 Å². The number of carboxylic acids is 1. The van der Waals surface area contributed by atoms with Crippen LogP contribution in [0.2, 0.25) is 0 Å². The average molecular weight is 286 g/mol. The van der Waals surface area contributed by atoms with Crippen LogP contribution in [0.15, 0.2) is 36.5 Å². The number of hydrogen-bond donors (Lipinski definition) is 1. The van der Waals surface area contributed by atoms with Crippen molar-refractivity contribution < 1.29 is 19.4 Å². The summed E-state index contributed by atoms with van der Waals surface area (Å²) in [6, 6.07) is 5.53. The fourth-order valence-electron chi connectivity index (χ4n) is 3.68. The Morgan fingerprint density at radius 2 is 2.38 bits per heavy atom. The molecule has 4 rings (SSSR count). The van der Waals surface area contributed by atoms with Gasteiger partial charge in [-0.05, 0) is 12.1 Å². The van der Waals surface area contributed by atoms with Gasteiger partial charge in [-0.2, -0.15) is 0 Å². The molecule has 3 aliphatic heterocycles. The van der Waals surface area contributed by atoms with Gasteiger partial charge in [0.2, 0.25) is 5.91 Å². The molecule has 0 saturated carbocycles. The molecule has 2 saturated heterocycles. The zero-order valence-corrected chi connectivity index (χ0v) is 11.2. The van der Waals surface area contributed by atoms with E-state index < -0.39 is 29.5 Å². The van der Waals surface area contributed by atoms with Crippen molar-refractivity contribution in [3.05, 3.63) is 42.2 Å². The SMILES string of the molecule is O=C(O)[C@@H]1[C@@H]2C=C[C@]3(CN(Cc4ccccn4)C(=O)[C@@H]13)O2. The second-order valence-corrected chi connectivity index (χ2v) is 5.75. The van der Waals surface area contributed by atoms with Gasteiger partial charge in [0.15, 0.2) is 0 Å². The normalized spacial score (nSPS) is 36.3. The molecule has 6 heteroatoms. The van der Waals surface area contributed by atoms with E-state index in [4.69, 9.17) is 4.74 Å². The second kappa shape index (κ2) is 4.14. The van der Waals surface area contributed by atoms with Crippen LogP contribution in [0, 0.1) is 11.8 Å². The zero-order chi connectivity index (χ0) is 14.6. The van der Waals surface area contributed by atoms with Gasteiger partial charge < -0.3 is 14.7 Å². The first-order valence-electron chi connectivity index (χ1n) is 6.89. The van der Waals surface area contributed by atoms with Crippen LogP contribution in [-0.2, 0) is 20.9 Å². The molecule has 0 aliphatic carbocycles. The summed E-state index contributed by atoms with van der Waals surface area (Å²) in [6.07, 6.45) is 4.83. The lowest BCUT2D eigenvalue weighted by Gasteiger charge is -2.21. The minimum Gasteiger partial charge on any atom is -0.481 e. The highest BCUT2D eigenvalue weighted by Gasteiger charge is 2.66. The maximum atomic E-state index is 12.6. The molecule has 1 aromatic rings. The van der Waals surface area contributed by atoms with E-state index in [1.807, 2.05) is 24.3 Å². The van der Waals surface area contributed by atoms with E-state index in [0.717, 1.165) is 5.69 Å². The first-order valence-corrected chi connectivity index (χ1v) is 6.89. The molecule has 6 nitrogen and oxygen atoms in total. The average Bonchev–Trinajstić information content (AvgIpc) is 3.09. The molecule has 108 valence electrons. The highest BCUT2D eigenvalue weighted by Crippen LogP contribution is 2.51. The molecule has 0 radical (unpaired) electrons. The Hall–Kier alpha value is -2.21. The predicted octanol–water partition coefficient (Wildman–Crippen LogP) is 0.448. The number of hydrogen-bond acceptors (Lipinski definition) is 4. The lowest BCUT2D eigenvalue weighted by atomic mass is 9.77. The van der Waals surface area contributed by atoms with Crippen LogP contribution in [0.1, 0.15) is 5.69 Å². The summed E-state index contributed by atoms with van der Waals surface area (Å²) in [5.74, 6) is -2.52. The van der Waals surface area contributed by atoms with Crippen molar-refractivity contribution in [3.8, 4) is 0 Å². The summed E-state index contributed by atoms with van der Waals surface area (Å²) in [5.41, 5.74) is 0.0205. The van der Waals surface area contributed by atoms with Crippen molar-refractivity contribution in [3.63, 3.8) is 0 Å². The first kappa shape index (κ1) is 12.5. The van der Waals surface area contributed by atoms with Crippen LogP contribution >= 0.6 is 0 Å². The molecule has 3 aliphatic rings. The summed E-state index contributed by atoms with van der Waals surface area (Å²) in [5, 5.41) is 9.38. The number of carbonyl (C=O) groups is 2. The van der Waals surface area contributed by atoms with Gasteiger partial charge >= 0.3 is 5.97 Å². The molecule has 4 heterocycles. The Labute approximate surface area is 121 Å². The molecule has 1 aromatic heterocycles. The largest absolute Gasteiger partial charge is 0.481 e. The van der Waals surface area contributed by atoms with E-state index in [9.17, 15) is 14.7 Å². The number of nitrogens with zero attached hydrogens (tertiary/aromatic N) is 2. The van der Waals surface area contributed by atoms with Gasteiger partial charge in [0.05, 0.1) is 30.8 Å². The molecule has 1 spiro atoms. The molecule has 2 bridgehead atoms. The molecule has 2 fully saturated rings. The van der Waals surface area contributed by atoms with Crippen molar-refractivity contribution in [1.29, 1.82) is 0 Å². The summed E-state index contributed by atoms with van der Waals surface area (Å²) >= 11 is 0. The highest BCUT2D eigenvalue weighted by atomic mass is 16.5. The van der Waals surface area contributed by atoms with Gasteiger partial charge in [-0.25, -0.2) is 0 Å². The smallest absolute Gasteiger partial charge is 0.310 e. The number of fused-ring (bicyclic) bond motifs is 1. The number of aliphatic carboxylic acids is 1. The lowest BCUT2D eigenvalue weighted by Crippen LogP contribution is -2.39. The fraction of sp³-hybridized carbons (Fsp3) is 0.400. The number of aromatic nitrogens is 1. The number of ether oxygens (including phenoxy) is 1. The molecule has 0 aromatic carbocycles. The first-order chi connectivity index (χ1) is 10.1. The zero-order valence-electron chi connectivity index (χ0n) is 11.2. The number of carboxylic acid groups (broad SMARTS) is 1. The Balaban J connectivity index is 1.63. The van der Waals surface area contributed by atoms with Gasteiger partial charge in [-0.15, -0.1) is 0 Å². The topological polar surface area (TPSA) is 79.7 Å². The van der Waals surface area contributed by atoms with Gasteiger partial charge in [0.1, 0.15) is 11.5 Å². The molecule has 0 unspecified atom stereocenters. The number of carbonyl (C=O) groups excluding carboxylic acids is 1. The number of likely N-dealkylation sites (tertiary alicyclic amines) is 1. The molecular weight excluding hydrogens is 272 g/mol. The molecule has 1 amide bonds. The standard InChI is InChI=1S/C15H14N2O4/c18-13-12-11(14(19)20)10-4-5-15(12,21-10)8-17(13)7-9-3-1-2-6-16-9/h1-6,10-12H,7-8H2,(H,19,20)/t10-,11+,12+,15+/m0/s1. The van der Waals surface area contributed by atoms with Crippen molar-refractivity contribution in [2.24, 2.45) is 11.8 Å². The van der Waals surface area contributed by atoms with Crippen LogP contribution in [-0.4, -0.2) is 45.1 Å². The lowest BCUT2D eigenvalue weighted by molar-refractivity contribution is -0.148. The van der Waals surface area contributed by atoms with Gasteiger partial charge in [-0.3, -0.25) is 14.6 Å². The van der Waals surface area contributed by atoms with Crippen molar-refractivity contribution in [2.45, 2.75) is 18.2 Å². The van der Waals surface area contributed by atoms with E-state index in [2.05, 4.69) is 4.98 Å². The second-order valence-electron chi connectivity index (χ2n) is 5.75. The summed E-state index contributed by atoms with van der Waals surface area (Å²) in [6.45, 7) is 0.774. The Bertz CT molecular complexity index is 644. The van der Waals surface area contributed by atoms with E-state index in [1.165, 1.54) is 0 Å². The van der Waals surface area contributed by atoms with Crippen LogP contribution in [0.25, 0.3) is 0 Å². The molecule has 1 N–H and O–H groups in total. The summed E-state index contributed by atoms with van der Waals surface area (Å²) < 4.78 is 5.82. The third-order valence-corrected chi connectivity index (χ3v) is 4.54. The quantitative estimate of drug-likeness (QED) is 0.816. The predicted molar refractivity (Wildman–Crippen MR) is 71.0 cm³/mol. The van der Waals surface area contributed by atoms with E-state index in [-0.39, 0.29) is 5.91 Å². The number of amides is 1. The third kappa shape index (κ3) is 1.65. The maximum absolute atomic E-state index is 12.6. The Morgan fingerprint density at radius 1 is 1.52 bits per heavy atom. The van der Waals surface area contributed by atoms with E-state index in [0.29, 0.717) is 13.1 Å². The monoisotopic (exact) mass is 286 g/mol.